The molecule has 20 heteroatoms. The van der Waals surface area contributed by atoms with Gasteiger partial charge in [0.2, 0.25) is 0 Å². The summed E-state index contributed by atoms with van der Waals surface area (Å²) in [4.78, 5) is 28.4. The van der Waals surface area contributed by atoms with Gasteiger partial charge in [-0.05, 0) is 0 Å². The molecule has 2 saturated heterocycles. The summed E-state index contributed by atoms with van der Waals surface area (Å²) >= 11 is 6.90. The fourth-order valence-corrected chi connectivity index (χ4v) is 5.46. The number of hydrogen-bond acceptors (Lipinski definition) is 17. The Bertz CT molecular complexity index is 864. The maximum Gasteiger partial charge on any atom is 0.412 e. The van der Waals surface area contributed by atoms with Crippen LogP contribution in [-0.2, 0) is 18.9 Å². The van der Waals surface area contributed by atoms with E-state index in [0.717, 1.165) is 11.8 Å². The molecule has 0 bridgehead atoms. The van der Waals surface area contributed by atoms with Crippen molar-refractivity contribution in [2.24, 2.45) is 15.7 Å². The second-order valence-electron chi connectivity index (χ2n) is 7.59. The number of hydrogen-bond donors (Lipinski definition) is 8. The highest BCUT2D eigenvalue weighted by atomic mass is 35.5. The molecule has 0 aliphatic carbocycles. The van der Waals surface area contributed by atoms with Gasteiger partial charge in [0.05, 0.1) is 27.4 Å². The van der Waals surface area contributed by atoms with Crippen molar-refractivity contribution in [1.82, 2.24) is 5.32 Å². The van der Waals surface area contributed by atoms with Crippen molar-refractivity contribution in [2.75, 3.05) is 27.4 Å². The largest absolute Gasteiger partial charge is 0.457 e. The van der Waals surface area contributed by atoms with Gasteiger partial charge in [-0.25, -0.2) is 9.59 Å². The van der Waals surface area contributed by atoms with Gasteiger partial charge >= 0.3 is 11.5 Å². The van der Waals surface area contributed by atoms with Crippen LogP contribution in [0.2, 0.25) is 0 Å². The number of fused-ring (bicyclic) bond motifs is 2. The zero-order chi connectivity index (χ0) is 27.9. The Morgan fingerprint density at radius 1 is 0.921 bits per heavy atom. The molecule has 1 amide bonds. The number of nitrogens with one attached hydrogen (secondary N) is 1. The Hall–Kier alpha value is -1.52. The Morgan fingerprint density at radius 2 is 1.37 bits per heavy atom. The average Bonchev–Trinajstić information content (AvgIpc) is 3.46. The molecule has 10 atom stereocenters. The number of methoxy groups -OCH3 is 2. The molecular formula is C18H30ClFN4O12S2. The van der Waals surface area contributed by atoms with E-state index >= 15 is 0 Å². The number of alkyl carbamates (subject to hydrolysis) is 1. The summed E-state index contributed by atoms with van der Waals surface area (Å²) in [5, 5.41) is 59.6. The molecule has 9 N–H and O–H groups in total. The van der Waals surface area contributed by atoms with E-state index in [1.165, 1.54) is 26.0 Å². The SMILES string of the molecule is COC(=O)Cl.COC(=O)NC1=N[C@@H]2[C@@H](O)[C@H](O)[C@@H](CO)O[C@@H]2S1.F.NC1=N[C@@H]2[C@@H](O)[C@H](O)[C@@H](CO)O[C@@H]2S1. The van der Waals surface area contributed by atoms with Crippen molar-refractivity contribution in [3.63, 3.8) is 0 Å². The quantitative estimate of drug-likeness (QED) is 0.147. The number of thioether (sulfide) groups is 2. The molecule has 0 spiro atoms. The summed E-state index contributed by atoms with van der Waals surface area (Å²) in [5.74, 6) is 0. The second kappa shape index (κ2) is 15.9. The molecule has 2 fully saturated rings. The molecule has 0 radical (unpaired) electrons. The standard InChI is InChI=1S/C9H14N2O6S.C7H12N2O4S.C2H3ClO2.FH/c1-16-9(15)11-8-10-4-6(14)5(13)3(2-12)17-7(4)18-8;8-7-9-3-5(12)4(11)2(1-10)13-6(3)14-7;1-5-2(3)4;/h3-7,12-14H,2H2,1H3,(H,10,11,15);2-6,10-12H,1H2,(H2,8,9);1H3;1H/t3-,4-,5-,6-,7-;2-,3-,4-,5-,6-;;/m11../s1. The van der Waals surface area contributed by atoms with Crippen LogP contribution in [-0.4, -0.2) is 140 Å². The molecule has 4 aliphatic rings. The summed E-state index contributed by atoms with van der Waals surface area (Å²) in [5.41, 5.74) is 3.75. The molecular weight excluding hydrogens is 583 g/mol. The minimum Gasteiger partial charge on any atom is -0.457 e. The van der Waals surface area contributed by atoms with Crippen LogP contribution in [0.3, 0.4) is 0 Å². The molecule has 0 unspecified atom stereocenters. The normalized spacial score (nSPS) is 36.8. The summed E-state index contributed by atoms with van der Waals surface area (Å²) in [6.07, 6.45) is -6.80. The molecule has 0 aromatic carbocycles. The van der Waals surface area contributed by atoms with Crippen LogP contribution in [0, 0.1) is 0 Å². The van der Waals surface area contributed by atoms with Crippen molar-refractivity contribution in [3.8, 4) is 0 Å². The van der Waals surface area contributed by atoms with Gasteiger partial charge in [-0.3, -0.25) is 20.0 Å². The van der Waals surface area contributed by atoms with Gasteiger partial charge < -0.3 is 55.3 Å². The van der Waals surface area contributed by atoms with E-state index in [9.17, 15) is 30.0 Å². The fraction of sp³-hybridized carbons (Fsp3) is 0.778. The van der Waals surface area contributed by atoms with Crippen LogP contribution >= 0.6 is 35.1 Å². The summed E-state index contributed by atoms with van der Waals surface area (Å²) < 4.78 is 19.0. The van der Waals surface area contributed by atoms with Crippen molar-refractivity contribution < 1.29 is 63.9 Å². The van der Waals surface area contributed by atoms with Gasteiger partial charge in [0, 0.05) is 11.6 Å². The topological polar surface area (TPSA) is 255 Å². The van der Waals surface area contributed by atoms with Crippen molar-refractivity contribution in [3.05, 3.63) is 0 Å². The number of carbonyl (C=O) groups is 2. The zero-order valence-electron chi connectivity index (χ0n) is 19.9. The number of ether oxygens (including phenoxy) is 4. The highest BCUT2D eigenvalue weighted by Gasteiger charge is 2.49. The Balaban J connectivity index is 0.000000322. The highest BCUT2D eigenvalue weighted by Crippen LogP contribution is 2.36. The smallest absolute Gasteiger partial charge is 0.412 e. The Labute approximate surface area is 228 Å². The van der Waals surface area contributed by atoms with E-state index in [2.05, 4.69) is 36.4 Å². The van der Waals surface area contributed by atoms with Crippen molar-refractivity contribution >= 4 is 57.0 Å². The summed E-state index contributed by atoms with van der Waals surface area (Å²) in [6.45, 7) is -0.732. The van der Waals surface area contributed by atoms with E-state index in [1.54, 1.807) is 0 Å². The minimum atomic E-state index is -1.21. The maximum absolute atomic E-state index is 11.0. The third-order valence-corrected chi connectivity index (χ3v) is 7.44. The predicted molar refractivity (Wildman–Crippen MR) is 134 cm³/mol. The van der Waals surface area contributed by atoms with Gasteiger partial charge in [0.25, 0.3) is 0 Å². The van der Waals surface area contributed by atoms with Gasteiger partial charge in [-0.1, -0.05) is 23.5 Å². The number of amidine groups is 2. The zero-order valence-corrected chi connectivity index (χ0v) is 22.3. The van der Waals surface area contributed by atoms with Crippen LogP contribution in [0.5, 0.6) is 0 Å². The lowest BCUT2D eigenvalue weighted by atomic mass is 9.99. The molecule has 4 aliphatic heterocycles. The second-order valence-corrected chi connectivity index (χ2v) is 10.1. The van der Waals surface area contributed by atoms with E-state index < -0.39 is 77.7 Å². The van der Waals surface area contributed by atoms with E-state index in [4.69, 9.17) is 25.4 Å². The first-order chi connectivity index (χ1) is 17.5. The number of aliphatic hydroxyl groups is 6. The predicted octanol–water partition coefficient (Wildman–Crippen LogP) is -2.75. The summed E-state index contributed by atoms with van der Waals surface area (Å²) in [7, 11) is 2.44. The summed E-state index contributed by atoms with van der Waals surface area (Å²) in [6, 6.07) is -1.21. The van der Waals surface area contributed by atoms with Crippen molar-refractivity contribution in [2.45, 2.75) is 59.6 Å². The number of aliphatic imine (C=N–C) groups is 2. The first kappa shape index (κ1) is 34.5. The third-order valence-electron chi connectivity index (χ3n) is 5.26. The third kappa shape index (κ3) is 8.74. The fourth-order valence-electron chi connectivity index (χ4n) is 3.38. The Kier molecular flexibility index (Phi) is 14.5. The maximum atomic E-state index is 11.0. The van der Waals surface area contributed by atoms with Crippen LogP contribution in [0.15, 0.2) is 9.98 Å². The van der Waals surface area contributed by atoms with Gasteiger partial charge in [-0.2, -0.15) is 0 Å². The van der Waals surface area contributed by atoms with Crippen LogP contribution in [0.25, 0.3) is 0 Å². The molecule has 4 heterocycles. The molecule has 220 valence electrons. The number of carbonyl (C=O) groups excluding carboxylic acids is 2. The molecule has 4 rings (SSSR count). The van der Waals surface area contributed by atoms with E-state index in [-0.39, 0.29) is 16.5 Å². The van der Waals surface area contributed by atoms with E-state index in [0.29, 0.717) is 5.17 Å². The molecule has 16 nitrogen and oxygen atoms in total. The van der Waals surface area contributed by atoms with E-state index in [1.807, 2.05) is 0 Å². The molecule has 38 heavy (non-hydrogen) atoms. The van der Waals surface area contributed by atoms with Gasteiger partial charge in [0.1, 0.15) is 59.6 Å². The average molecular weight is 613 g/mol. The molecule has 0 aromatic heterocycles. The molecule has 0 aromatic rings. The number of aliphatic hydroxyl groups excluding tert-OH is 6. The lowest BCUT2D eigenvalue weighted by Gasteiger charge is -2.37. The van der Waals surface area contributed by atoms with Crippen LogP contribution < -0.4 is 11.1 Å². The molecule has 0 saturated carbocycles. The first-order valence-corrected chi connectivity index (χ1v) is 12.7. The van der Waals surface area contributed by atoms with Crippen LogP contribution in [0.4, 0.5) is 14.3 Å². The first-order valence-electron chi connectivity index (χ1n) is 10.5. The van der Waals surface area contributed by atoms with Crippen molar-refractivity contribution in [1.29, 1.82) is 0 Å². The number of amides is 1. The number of halogens is 2. The lowest BCUT2D eigenvalue weighted by Crippen LogP contribution is -2.55. The van der Waals surface area contributed by atoms with Gasteiger partial charge in [0.15, 0.2) is 10.3 Å². The number of rotatable bonds is 2. The Morgan fingerprint density at radius 3 is 1.79 bits per heavy atom. The highest BCUT2D eigenvalue weighted by molar-refractivity contribution is 8.14. The monoisotopic (exact) mass is 612 g/mol. The lowest BCUT2D eigenvalue weighted by molar-refractivity contribution is -0.164. The van der Waals surface area contributed by atoms with Gasteiger partial charge in [-0.15, -0.1) is 0 Å². The van der Waals surface area contributed by atoms with Crippen LogP contribution in [0.1, 0.15) is 0 Å². The number of nitrogens with zero attached hydrogens (tertiary/aromatic N) is 2. The minimum absolute atomic E-state index is 0. The number of nitrogens with two attached hydrogens (primary N) is 1.